The Hall–Kier alpha value is -3.13. The Morgan fingerprint density at radius 2 is 1.83 bits per heavy atom. The van der Waals surface area contributed by atoms with Crippen LogP contribution in [0.2, 0.25) is 0 Å². The molecule has 0 bridgehead atoms. The van der Waals surface area contributed by atoms with Gasteiger partial charge in [0.05, 0.1) is 16.8 Å². The van der Waals surface area contributed by atoms with Gasteiger partial charge in [0.1, 0.15) is 0 Å². The molecule has 1 aromatic heterocycles. The van der Waals surface area contributed by atoms with Gasteiger partial charge in [-0.05, 0) is 50.6 Å². The van der Waals surface area contributed by atoms with Crippen molar-refractivity contribution >= 4 is 21.6 Å². The van der Waals surface area contributed by atoms with E-state index in [1.807, 2.05) is 20.0 Å². The highest BCUT2D eigenvalue weighted by Gasteiger charge is 2.16. The van der Waals surface area contributed by atoms with E-state index >= 15 is 0 Å². The molecule has 3 aromatic rings. The number of hydrogen-bond donors (Lipinski definition) is 2. The number of rotatable bonds is 7. The molecule has 0 unspecified atom stereocenters. The molecule has 1 amide bonds. The second kappa shape index (κ2) is 8.48. The number of nitrogens with zero attached hydrogens (tertiary/aromatic N) is 2. The SMILES string of the molecule is CCn1cc(CNC(=O)c2ccc(C)c(NS(=O)(=O)c3ccc(C)cc3)c2)cn1. The zero-order chi connectivity index (χ0) is 21.0. The van der Waals surface area contributed by atoms with Crippen LogP contribution >= 0.6 is 0 Å². The quantitative estimate of drug-likeness (QED) is 0.623. The van der Waals surface area contributed by atoms with Gasteiger partial charge in [-0.15, -0.1) is 0 Å². The molecule has 0 spiro atoms. The summed E-state index contributed by atoms with van der Waals surface area (Å²) >= 11 is 0. The lowest BCUT2D eigenvalue weighted by Crippen LogP contribution is -2.23. The predicted molar refractivity (Wildman–Crippen MR) is 112 cm³/mol. The number of aryl methyl sites for hydroxylation is 3. The van der Waals surface area contributed by atoms with E-state index in [1.54, 1.807) is 60.3 Å². The second-order valence-corrected chi connectivity index (χ2v) is 8.52. The number of aromatic nitrogens is 2. The molecule has 29 heavy (non-hydrogen) atoms. The number of nitrogens with one attached hydrogen (secondary N) is 2. The van der Waals surface area contributed by atoms with Crippen LogP contribution in [0.1, 0.15) is 34.0 Å². The lowest BCUT2D eigenvalue weighted by molar-refractivity contribution is 0.0951. The Morgan fingerprint density at radius 3 is 2.48 bits per heavy atom. The van der Waals surface area contributed by atoms with Crippen LogP contribution in [-0.2, 0) is 23.1 Å². The molecule has 0 aliphatic rings. The van der Waals surface area contributed by atoms with Crippen LogP contribution in [0.25, 0.3) is 0 Å². The summed E-state index contributed by atoms with van der Waals surface area (Å²) in [5.41, 5.74) is 3.34. The Kier molecular flexibility index (Phi) is 6.03. The standard InChI is InChI=1S/C21H24N4O3S/c1-4-25-14-17(13-23-25)12-22-21(26)18-8-7-16(3)20(11-18)24-29(27,28)19-9-5-15(2)6-10-19/h5-11,13-14,24H,4,12H2,1-3H3,(H,22,26). The number of benzene rings is 2. The van der Waals surface area contributed by atoms with E-state index in [9.17, 15) is 13.2 Å². The molecule has 1 heterocycles. The molecular formula is C21H24N4O3S. The van der Waals surface area contributed by atoms with E-state index in [4.69, 9.17) is 0 Å². The fourth-order valence-electron chi connectivity index (χ4n) is 2.75. The summed E-state index contributed by atoms with van der Waals surface area (Å²) < 4.78 is 29.7. The highest BCUT2D eigenvalue weighted by atomic mass is 32.2. The summed E-state index contributed by atoms with van der Waals surface area (Å²) in [6.07, 6.45) is 3.58. The fraction of sp³-hybridized carbons (Fsp3) is 0.238. The first kappa shape index (κ1) is 20.6. The van der Waals surface area contributed by atoms with E-state index in [0.717, 1.165) is 23.2 Å². The van der Waals surface area contributed by atoms with Crippen molar-refractivity contribution in [2.75, 3.05) is 4.72 Å². The average molecular weight is 413 g/mol. The first-order valence-corrected chi connectivity index (χ1v) is 10.8. The number of sulfonamides is 1. The number of amides is 1. The topological polar surface area (TPSA) is 93.1 Å². The van der Waals surface area contributed by atoms with E-state index < -0.39 is 10.0 Å². The average Bonchev–Trinajstić information content (AvgIpc) is 3.16. The third-order valence-electron chi connectivity index (χ3n) is 4.54. The molecule has 8 heteroatoms. The van der Waals surface area contributed by atoms with Gasteiger partial charge in [0.15, 0.2) is 0 Å². The summed E-state index contributed by atoms with van der Waals surface area (Å²) in [4.78, 5) is 12.7. The van der Waals surface area contributed by atoms with E-state index in [-0.39, 0.29) is 10.8 Å². The van der Waals surface area contributed by atoms with Crippen molar-refractivity contribution in [3.8, 4) is 0 Å². The molecule has 3 rings (SSSR count). The van der Waals surface area contributed by atoms with Crippen LogP contribution in [0.5, 0.6) is 0 Å². The van der Waals surface area contributed by atoms with Crippen LogP contribution in [0.4, 0.5) is 5.69 Å². The summed E-state index contributed by atoms with van der Waals surface area (Å²) in [6.45, 7) is 6.77. The van der Waals surface area contributed by atoms with Gasteiger partial charge in [-0.3, -0.25) is 14.2 Å². The lowest BCUT2D eigenvalue weighted by atomic mass is 10.1. The first-order valence-electron chi connectivity index (χ1n) is 9.28. The second-order valence-electron chi connectivity index (χ2n) is 6.84. The van der Waals surface area contributed by atoms with Crippen LogP contribution in [0.3, 0.4) is 0 Å². The smallest absolute Gasteiger partial charge is 0.261 e. The Morgan fingerprint density at radius 1 is 1.10 bits per heavy atom. The molecular weight excluding hydrogens is 388 g/mol. The largest absolute Gasteiger partial charge is 0.348 e. The molecule has 152 valence electrons. The molecule has 0 fully saturated rings. The van der Waals surface area contributed by atoms with Crippen molar-refractivity contribution in [1.29, 1.82) is 0 Å². The van der Waals surface area contributed by atoms with Crippen LogP contribution in [0.15, 0.2) is 59.8 Å². The minimum absolute atomic E-state index is 0.172. The minimum Gasteiger partial charge on any atom is -0.348 e. The van der Waals surface area contributed by atoms with Gasteiger partial charge in [-0.2, -0.15) is 5.10 Å². The number of hydrogen-bond acceptors (Lipinski definition) is 4. The zero-order valence-corrected chi connectivity index (χ0v) is 17.5. The first-order chi connectivity index (χ1) is 13.8. The predicted octanol–water partition coefficient (Wildman–Crippen LogP) is 3.25. The molecule has 0 saturated carbocycles. The summed E-state index contributed by atoms with van der Waals surface area (Å²) in [6, 6.07) is 11.5. The van der Waals surface area contributed by atoms with Gasteiger partial charge in [0.25, 0.3) is 15.9 Å². The summed E-state index contributed by atoms with van der Waals surface area (Å²) in [5, 5.41) is 7.00. The summed E-state index contributed by atoms with van der Waals surface area (Å²) in [5.74, 6) is -0.287. The number of carbonyl (C=O) groups excluding carboxylic acids is 1. The van der Waals surface area contributed by atoms with Crippen molar-refractivity contribution < 1.29 is 13.2 Å². The fourth-order valence-corrected chi connectivity index (χ4v) is 3.87. The van der Waals surface area contributed by atoms with Gasteiger partial charge in [-0.1, -0.05) is 23.8 Å². The molecule has 0 atom stereocenters. The van der Waals surface area contributed by atoms with E-state index in [0.29, 0.717) is 17.8 Å². The van der Waals surface area contributed by atoms with Crippen LogP contribution in [0, 0.1) is 13.8 Å². The Bertz CT molecular complexity index is 1120. The molecule has 0 aliphatic heterocycles. The van der Waals surface area contributed by atoms with Gasteiger partial charge in [0, 0.05) is 30.4 Å². The van der Waals surface area contributed by atoms with Gasteiger partial charge in [-0.25, -0.2) is 8.42 Å². The van der Waals surface area contributed by atoms with Crippen molar-refractivity contribution in [2.45, 2.75) is 38.8 Å². The maximum absolute atomic E-state index is 12.7. The third kappa shape index (κ3) is 5.03. The van der Waals surface area contributed by atoms with E-state index in [1.165, 1.54) is 0 Å². The highest BCUT2D eigenvalue weighted by Crippen LogP contribution is 2.21. The van der Waals surface area contributed by atoms with Crippen LogP contribution < -0.4 is 10.0 Å². The molecule has 2 aromatic carbocycles. The van der Waals surface area contributed by atoms with Crippen molar-refractivity contribution in [1.82, 2.24) is 15.1 Å². The van der Waals surface area contributed by atoms with Gasteiger partial charge < -0.3 is 5.32 Å². The maximum atomic E-state index is 12.7. The zero-order valence-electron chi connectivity index (χ0n) is 16.6. The van der Waals surface area contributed by atoms with Crippen molar-refractivity contribution in [3.05, 3.63) is 77.1 Å². The maximum Gasteiger partial charge on any atom is 0.261 e. The van der Waals surface area contributed by atoms with E-state index in [2.05, 4.69) is 15.1 Å². The molecule has 0 saturated heterocycles. The molecule has 0 aliphatic carbocycles. The lowest BCUT2D eigenvalue weighted by Gasteiger charge is -2.12. The number of anilines is 1. The molecule has 0 radical (unpaired) electrons. The molecule has 2 N–H and O–H groups in total. The summed E-state index contributed by atoms with van der Waals surface area (Å²) in [7, 11) is -3.74. The normalized spacial score (nSPS) is 11.3. The Labute approximate surface area is 170 Å². The molecule has 7 nitrogen and oxygen atoms in total. The van der Waals surface area contributed by atoms with Gasteiger partial charge >= 0.3 is 0 Å². The van der Waals surface area contributed by atoms with Crippen molar-refractivity contribution in [3.63, 3.8) is 0 Å². The Balaban J connectivity index is 1.74. The third-order valence-corrected chi connectivity index (χ3v) is 5.92. The van der Waals surface area contributed by atoms with Crippen molar-refractivity contribution in [2.24, 2.45) is 0 Å². The van der Waals surface area contributed by atoms with Gasteiger partial charge in [0.2, 0.25) is 0 Å². The monoisotopic (exact) mass is 412 g/mol. The highest BCUT2D eigenvalue weighted by molar-refractivity contribution is 7.92. The van der Waals surface area contributed by atoms with Crippen LogP contribution in [-0.4, -0.2) is 24.1 Å². The number of carbonyl (C=O) groups is 1. The minimum atomic E-state index is -3.74.